The van der Waals surface area contributed by atoms with Crippen molar-refractivity contribution in [3.8, 4) is 0 Å². The summed E-state index contributed by atoms with van der Waals surface area (Å²) in [4.78, 5) is 10.4. The number of rotatable bonds is 3. The van der Waals surface area contributed by atoms with Crippen LogP contribution in [-0.4, -0.2) is 24.1 Å². The van der Waals surface area contributed by atoms with Gasteiger partial charge in [0, 0.05) is 50.3 Å². The van der Waals surface area contributed by atoms with Gasteiger partial charge in [0.2, 0.25) is 11.6 Å². The number of hydrogen-bond acceptors (Lipinski definition) is 3. The van der Waals surface area contributed by atoms with E-state index in [0.29, 0.717) is 0 Å². The Labute approximate surface area is 130 Å². The highest BCUT2D eigenvalue weighted by molar-refractivity contribution is 5.66. The fourth-order valence-corrected chi connectivity index (χ4v) is 1.54. The van der Waals surface area contributed by atoms with Crippen molar-refractivity contribution in [1.82, 2.24) is 9.97 Å². The van der Waals surface area contributed by atoms with Gasteiger partial charge in [0.25, 0.3) is 0 Å². The predicted molar refractivity (Wildman–Crippen MR) is 72.9 cm³/mol. The van der Waals surface area contributed by atoms with Crippen LogP contribution in [0.3, 0.4) is 0 Å². The smallest absolute Gasteiger partial charge is 0.224 e. The summed E-state index contributed by atoms with van der Waals surface area (Å²) in [7, 11) is 5.87. The molecule has 0 fully saturated rings. The highest BCUT2D eigenvalue weighted by Gasteiger charge is 2.00. The summed E-state index contributed by atoms with van der Waals surface area (Å²) in [6.07, 6.45) is 9.72. The van der Waals surface area contributed by atoms with Crippen LogP contribution in [0, 0.1) is 0 Å². The number of aryl methyl sites for hydroxylation is 1. The number of hydrogen-bond donors (Lipinski definition) is 0. The van der Waals surface area contributed by atoms with Crippen molar-refractivity contribution in [3.05, 3.63) is 48.0 Å². The Morgan fingerprint density at radius 1 is 1.11 bits per heavy atom. The maximum absolute atomic E-state index is 4.27. The van der Waals surface area contributed by atoms with Gasteiger partial charge in [-0.3, -0.25) is 0 Å². The molecule has 0 atom stereocenters. The Hall–Kier alpha value is -1.50. The molecule has 2 heterocycles. The summed E-state index contributed by atoms with van der Waals surface area (Å²) in [5, 5.41) is 0. The zero-order valence-corrected chi connectivity index (χ0v) is 13.4. The average Bonchev–Trinajstić information content (AvgIpc) is 2.38. The van der Waals surface area contributed by atoms with Crippen molar-refractivity contribution < 1.29 is 28.5 Å². The lowest BCUT2D eigenvalue weighted by Crippen LogP contribution is -3.00. The molecule has 2 aromatic rings. The maximum Gasteiger partial charge on any atom is 0.224 e. The molecule has 0 unspecified atom stereocenters. The molecule has 0 radical (unpaired) electrons. The number of nitrogens with zero attached hydrogens (tertiary/aromatic N) is 4. The van der Waals surface area contributed by atoms with Gasteiger partial charge in [0.05, 0.1) is 0 Å². The van der Waals surface area contributed by atoms with Crippen LogP contribution in [0.25, 0.3) is 12.2 Å². The first kappa shape index (κ1) is 15.6. The largest absolute Gasteiger partial charge is 1.00 e. The molecule has 0 aliphatic carbocycles. The van der Waals surface area contributed by atoms with Gasteiger partial charge in [-0.05, 0) is 12.1 Å². The molecule has 0 saturated carbocycles. The first-order valence-corrected chi connectivity index (χ1v) is 5.79. The fourth-order valence-electron chi connectivity index (χ4n) is 1.54. The van der Waals surface area contributed by atoms with Crippen molar-refractivity contribution in [2.75, 3.05) is 19.0 Å². The van der Waals surface area contributed by atoms with E-state index in [4.69, 9.17) is 0 Å². The van der Waals surface area contributed by atoms with E-state index < -0.39 is 0 Å². The van der Waals surface area contributed by atoms with Crippen LogP contribution in [0.4, 0.5) is 5.95 Å². The van der Waals surface area contributed by atoms with Crippen LogP contribution in [0.5, 0.6) is 0 Å². The van der Waals surface area contributed by atoms with Crippen molar-refractivity contribution in [2.45, 2.75) is 0 Å². The second-order valence-corrected chi connectivity index (χ2v) is 4.28. The Bertz CT molecular complexity index is 550. The van der Waals surface area contributed by atoms with Gasteiger partial charge in [0.1, 0.15) is 7.05 Å². The summed E-state index contributed by atoms with van der Waals surface area (Å²) < 4.78 is 2.06. The Morgan fingerprint density at radius 2 is 1.79 bits per heavy atom. The summed E-state index contributed by atoms with van der Waals surface area (Å²) in [5.41, 5.74) is 2.12. The van der Waals surface area contributed by atoms with Crippen LogP contribution >= 0.6 is 0 Å². The lowest BCUT2D eigenvalue weighted by Gasteiger charge is -2.08. The SMILES string of the molecule is CN(C)c1ncc(/C=C/c2cccc[n+]2C)cn1.[I-]. The number of aromatic nitrogens is 3. The van der Waals surface area contributed by atoms with Crippen molar-refractivity contribution >= 4 is 18.1 Å². The zero-order valence-electron chi connectivity index (χ0n) is 11.3. The van der Waals surface area contributed by atoms with E-state index in [2.05, 4.69) is 20.6 Å². The Balaban J connectivity index is 0.00000180. The third kappa shape index (κ3) is 4.27. The Kier molecular flexibility index (Phi) is 5.88. The number of pyridine rings is 1. The zero-order chi connectivity index (χ0) is 13.0. The number of anilines is 1. The van der Waals surface area contributed by atoms with Gasteiger partial charge in [-0.1, -0.05) is 0 Å². The molecular formula is C14H17IN4. The fraction of sp³-hybridized carbons (Fsp3) is 0.214. The van der Waals surface area contributed by atoms with Crippen LogP contribution in [0.2, 0.25) is 0 Å². The van der Waals surface area contributed by atoms with E-state index in [0.717, 1.165) is 17.2 Å². The topological polar surface area (TPSA) is 32.9 Å². The van der Waals surface area contributed by atoms with Crippen LogP contribution in [0.1, 0.15) is 11.3 Å². The van der Waals surface area contributed by atoms with E-state index in [1.165, 1.54) is 0 Å². The molecule has 0 amide bonds. The monoisotopic (exact) mass is 368 g/mol. The standard InChI is InChI=1S/C14H17N4.HI/c1-17(2)14-15-10-12(11-16-14)7-8-13-6-4-5-9-18(13)3;/h4-11H,1-3H3;1H/q+1;/p-1. The van der Waals surface area contributed by atoms with Gasteiger partial charge >= 0.3 is 0 Å². The molecule has 2 rings (SSSR count). The van der Waals surface area contributed by atoms with E-state index in [9.17, 15) is 0 Å². The minimum absolute atomic E-state index is 0. The molecule has 0 spiro atoms. The second kappa shape index (κ2) is 7.18. The summed E-state index contributed by atoms with van der Waals surface area (Å²) in [5.74, 6) is 0.720. The van der Waals surface area contributed by atoms with Gasteiger partial charge in [0.15, 0.2) is 6.20 Å². The number of halogens is 1. The minimum atomic E-state index is 0. The van der Waals surface area contributed by atoms with E-state index in [1.807, 2.05) is 68.9 Å². The molecule has 0 bridgehead atoms. The van der Waals surface area contributed by atoms with Crippen LogP contribution < -0.4 is 33.4 Å². The minimum Gasteiger partial charge on any atom is -1.00 e. The quantitative estimate of drug-likeness (QED) is 0.491. The van der Waals surface area contributed by atoms with E-state index >= 15 is 0 Å². The molecule has 0 aliphatic heterocycles. The third-order valence-electron chi connectivity index (χ3n) is 2.60. The lowest BCUT2D eigenvalue weighted by molar-refractivity contribution is -0.673. The molecular weight excluding hydrogens is 351 g/mol. The molecule has 0 saturated heterocycles. The third-order valence-corrected chi connectivity index (χ3v) is 2.60. The average molecular weight is 368 g/mol. The summed E-state index contributed by atoms with van der Waals surface area (Å²) in [6.45, 7) is 0. The normalized spacial score (nSPS) is 10.3. The molecule has 100 valence electrons. The molecule has 0 aliphatic rings. The molecule has 19 heavy (non-hydrogen) atoms. The van der Waals surface area contributed by atoms with Gasteiger partial charge in [-0.2, -0.15) is 0 Å². The lowest BCUT2D eigenvalue weighted by atomic mass is 10.2. The molecule has 0 aromatic carbocycles. The van der Waals surface area contributed by atoms with Crippen LogP contribution in [-0.2, 0) is 7.05 Å². The van der Waals surface area contributed by atoms with E-state index in [1.54, 1.807) is 0 Å². The first-order chi connectivity index (χ1) is 8.66. The van der Waals surface area contributed by atoms with Gasteiger partial charge in [-0.25, -0.2) is 14.5 Å². The summed E-state index contributed by atoms with van der Waals surface area (Å²) in [6, 6.07) is 6.09. The molecule has 2 aromatic heterocycles. The molecule has 5 heteroatoms. The maximum atomic E-state index is 4.27. The van der Waals surface area contributed by atoms with Crippen molar-refractivity contribution in [2.24, 2.45) is 7.05 Å². The molecule has 4 nitrogen and oxygen atoms in total. The van der Waals surface area contributed by atoms with E-state index in [-0.39, 0.29) is 24.0 Å². The van der Waals surface area contributed by atoms with Gasteiger partial charge in [-0.15, -0.1) is 0 Å². The Morgan fingerprint density at radius 3 is 2.37 bits per heavy atom. The highest BCUT2D eigenvalue weighted by atomic mass is 127. The van der Waals surface area contributed by atoms with Crippen LogP contribution in [0.15, 0.2) is 36.8 Å². The highest BCUT2D eigenvalue weighted by Crippen LogP contribution is 2.06. The second-order valence-electron chi connectivity index (χ2n) is 4.28. The van der Waals surface area contributed by atoms with Crippen molar-refractivity contribution in [1.29, 1.82) is 0 Å². The molecule has 0 N–H and O–H groups in total. The van der Waals surface area contributed by atoms with Crippen molar-refractivity contribution in [3.63, 3.8) is 0 Å². The summed E-state index contributed by atoms with van der Waals surface area (Å²) >= 11 is 0. The first-order valence-electron chi connectivity index (χ1n) is 5.79. The van der Waals surface area contributed by atoms with Gasteiger partial charge < -0.3 is 28.9 Å². The predicted octanol–water partition coefficient (Wildman–Crippen LogP) is -1.46.